The smallest absolute Gasteiger partial charge is 0.297 e. The van der Waals surface area contributed by atoms with Gasteiger partial charge in [-0.1, -0.05) is 24.3 Å². The predicted octanol–water partition coefficient (Wildman–Crippen LogP) is 11.6. The van der Waals surface area contributed by atoms with Crippen LogP contribution in [0.25, 0.3) is 0 Å². The summed E-state index contributed by atoms with van der Waals surface area (Å²) in [4.78, 5) is 23.3. The number of benzene rings is 4. The normalized spacial score (nSPS) is 18.4. The third-order valence-corrected chi connectivity index (χ3v) is 9.43. The molecule has 0 fully saturated rings. The number of allylic oxidation sites excluding steroid dienone is 2. The molecule has 0 amide bonds. The van der Waals surface area contributed by atoms with E-state index in [2.05, 4.69) is 20.0 Å². The van der Waals surface area contributed by atoms with Gasteiger partial charge in [0.25, 0.3) is 0 Å². The molecule has 308 valence electrons. The predicted molar refractivity (Wildman–Crippen MR) is 200 cm³/mol. The van der Waals surface area contributed by atoms with Gasteiger partial charge in [-0.2, -0.15) is 52.7 Å². The van der Waals surface area contributed by atoms with Crippen LogP contribution in [0.5, 0.6) is 0 Å². The summed E-state index contributed by atoms with van der Waals surface area (Å²) < 4.78 is 166. The molecule has 4 aliphatic rings. The molecule has 0 saturated carbocycles. The van der Waals surface area contributed by atoms with Gasteiger partial charge < -0.3 is 0 Å². The lowest BCUT2D eigenvalue weighted by molar-refractivity contribution is -0.138. The second-order valence-corrected chi connectivity index (χ2v) is 13.5. The Morgan fingerprint density at radius 1 is 0.367 bits per heavy atom. The van der Waals surface area contributed by atoms with Gasteiger partial charge in [0.1, 0.15) is 0 Å². The van der Waals surface area contributed by atoms with E-state index in [1.165, 1.54) is 70.1 Å². The average Bonchev–Trinajstić information content (AvgIpc) is 3.82. The van der Waals surface area contributed by atoms with Gasteiger partial charge in [-0.05, 0) is 86.6 Å². The van der Waals surface area contributed by atoms with E-state index in [4.69, 9.17) is 0 Å². The monoisotopic (exact) mass is 844 g/mol. The fourth-order valence-electron chi connectivity index (χ4n) is 6.77. The zero-order valence-electron chi connectivity index (χ0n) is 30.5. The van der Waals surface area contributed by atoms with Crippen LogP contribution in [0.3, 0.4) is 0 Å². The number of halogens is 12. The summed E-state index contributed by atoms with van der Waals surface area (Å²) in [6.45, 7) is 2.95. The van der Waals surface area contributed by atoms with E-state index in [9.17, 15) is 52.7 Å². The number of nitrogens with zero attached hydrogens (tertiary/aromatic N) is 8. The number of hydrogen-bond donors (Lipinski definition) is 0. The van der Waals surface area contributed by atoms with Crippen LogP contribution in [-0.4, -0.2) is 23.3 Å². The van der Waals surface area contributed by atoms with Crippen LogP contribution in [-0.2, 0) is 24.7 Å². The second-order valence-electron chi connectivity index (χ2n) is 13.5. The third-order valence-electron chi connectivity index (χ3n) is 9.43. The summed E-state index contributed by atoms with van der Waals surface area (Å²) in [6.07, 6.45) is -16.4. The first kappa shape index (κ1) is 39.9. The number of rotatable bonds is 4. The highest BCUT2D eigenvalue weighted by molar-refractivity contribution is 6.54. The summed E-state index contributed by atoms with van der Waals surface area (Å²) >= 11 is 0. The van der Waals surface area contributed by atoms with Crippen LogP contribution in [0.1, 0.15) is 36.1 Å². The molecule has 0 radical (unpaired) electrons. The van der Waals surface area contributed by atoms with Gasteiger partial charge in [-0.15, -0.1) is 0 Å². The average molecular weight is 845 g/mol. The summed E-state index contributed by atoms with van der Waals surface area (Å²) in [7, 11) is 0. The molecule has 0 bridgehead atoms. The Bertz CT molecular complexity index is 2480. The molecule has 0 aromatic heterocycles. The highest BCUT2D eigenvalue weighted by Gasteiger charge is 2.42. The van der Waals surface area contributed by atoms with Gasteiger partial charge in [0.15, 0.2) is 23.3 Å². The number of anilines is 4. The lowest BCUT2D eigenvalue weighted by Gasteiger charge is -2.35. The van der Waals surface area contributed by atoms with Crippen LogP contribution < -0.4 is 19.6 Å². The van der Waals surface area contributed by atoms with Crippen molar-refractivity contribution in [3.05, 3.63) is 155 Å². The molecular formula is C40H24F12N8. The third kappa shape index (κ3) is 7.25. The SMILES string of the molecule is CC1=CN(c2cccc(C(F)(F)F)c2)C2=N/C(=C3\N=C4C(=N3)N(c3cccc(C(F)(F)F)c3)C(C)=CN4c3cccc(C(F)(F)F)c3)N=C2N1c1cccc(C(F)(F)F)c1. The van der Waals surface area contributed by atoms with Gasteiger partial charge >= 0.3 is 24.7 Å². The lowest BCUT2D eigenvalue weighted by atomic mass is 10.1. The Hall–Kier alpha value is -6.86. The number of amidine groups is 4. The molecule has 0 atom stereocenters. The second kappa shape index (κ2) is 13.9. The number of hydrogen-bond acceptors (Lipinski definition) is 8. The van der Waals surface area contributed by atoms with Gasteiger partial charge in [-0.25, -0.2) is 20.0 Å². The van der Waals surface area contributed by atoms with E-state index in [-0.39, 0.29) is 69.1 Å². The van der Waals surface area contributed by atoms with E-state index >= 15 is 0 Å². The molecule has 0 N–H and O–H groups in total. The Morgan fingerprint density at radius 2 is 0.633 bits per heavy atom. The minimum atomic E-state index is -4.76. The summed E-state index contributed by atoms with van der Waals surface area (Å²) in [5, 5.41) is 0. The topological polar surface area (TPSA) is 62.4 Å². The molecule has 4 aromatic rings. The summed E-state index contributed by atoms with van der Waals surface area (Å²) in [5.74, 6) is -1.34. The quantitative estimate of drug-likeness (QED) is 0.192. The number of alkyl halides is 12. The molecule has 0 saturated heterocycles. The van der Waals surface area contributed by atoms with Crippen LogP contribution >= 0.6 is 0 Å². The van der Waals surface area contributed by atoms with Crippen molar-refractivity contribution in [2.45, 2.75) is 38.6 Å². The van der Waals surface area contributed by atoms with E-state index in [1.54, 1.807) is 0 Å². The van der Waals surface area contributed by atoms with Crippen LogP contribution in [0.15, 0.2) is 152 Å². The molecule has 4 aromatic carbocycles. The number of fused-ring (bicyclic) bond motifs is 2. The first-order chi connectivity index (χ1) is 28.1. The zero-order chi connectivity index (χ0) is 43.1. The van der Waals surface area contributed by atoms with E-state index in [0.29, 0.717) is 0 Å². The van der Waals surface area contributed by atoms with Crippen molar-refractivity contribution in [2.24, 2.45) is 20.0 Å². The Morgan fingerprint density at radius 3 is 0.933 bits per heavy atom. The van der Waals surface area contributed by atoms with E-state index < -0.39 is 47.0 Å². The molecule has 20 heteroatoms. The minimum Gasteiger partial charge on any atom is -0.297 e. The molecule has 0 aliphatic carbocycles. The largest absolute Gasteiger partial charge is 0.416 e. The minimum absolute atomic E-state index is 0.0519. The molecule has 60 heavy (non-hydrogen) atoms. The van der Waals surface area contributed by atoms with Crippen LogP contribution in [0, 0.1) is 0 Å². The standard InChI is InChI=1S/C40H24F12N8/c1-21-19-57(27-11-3-7-23(15-27)37(41,42)43)33-35(59(21)29-13-5-9-25(17-29)39(47,48)49)55-31(53-33)32-54-34-36(56-32)60(30-14-6-10-26(18-30)40(50,51)52)22(2)20-58(34)28-12-4-8-24(16-28)38(44,45)46/h3-20H,1-2H3/b32-31-. The molecule has 0 spiro atoms. The molecule has 4 heterocycles. The maximum absolute atomic E-state index is 13.9. The maximum atomic E-state index is 13.9. The molecule has 8 nitrogen and oxygen atoms in total. The molecule has 0 unspecified atom stereocenters. The Kier molecular flexibility index (Phi) is 9.24. The molecule has 8 rings (SSSR count). The summed E-state index contributed by atoms with van der Waals surface area (Å²) in [5.41, 5.74) is -3.92. The van der Waals surface area contributed by atoms with E-state index in [0.717, 1.165) is 72.8 Å². The van der Waals surface area contributed by atoms with Gasteiger partial charge in [0.05, 0.1) is 22.3 Å². The van der Waals surface area contributed by atoms with Crippen molar-refractivity contribution >= 4 is 46.1 Å². The highest BCUT2D eigenvalue weighted by Crippen LogP contribution is 2.41. The fourth-order valence-corrected chi connectivity index (χ4v) is 6.77. The van der Waals surface area contributed by atoms with Crippen molar-refractivity contribution in [3.63, 3.8) is 0 Å². The number of aliphatic imine (C=N–C) groups is 4. The van der Waals surface area contributed by atoms with Crippen LogP contribution in [0.2, 0.25) is 0 Å². The Labute approximate surface area is 331 Å². The van der Waals surface area contributed by atoms with Crippen molar-refractivity contribution < 1.29 is 52.7 Å². The first-order valence-corrected chi connectivity index (χ1v) is 17.4. The Balaban J connectivity index is 1.34. The van der Waals surface area contributed by atoms with Gasteiger partial charge in [-0.3, -0.25) is 19.6 Å². The van der Waals surface area contributed by atoms with Gasteiger partial charge in [0.2, 0.25) is 11.6 Å². The van der Waals surface area contributed by atoms with Crippen LogP contribution in [0.4, 0.5) is 75.4 Å². The first-order valence-electron chi connectivity index (χ1n) is 17.4. The lowest BCUT2D eigenvalue weighted by Crippen LogP contribution is -2.46. The van der Waals surface area contributed by atoms with Crippen molar-refractivity contribution in [3.8, 4) is 0 Å². The van der Waals surface area contributed by atoms with Gasteiger partial charge in [0, 0.05) is 46.5 Å². The maximum Gasteiger partial charge on any atom is 0.416 e. The summed E-state index contributed by atoms with van der Waals surface area (Å²) in [6, 6.07) is 16.6. The van der Waals surface area contributed by atoms with Crippen molar-refractivity contribution in [2.75, 3.05) is 19.6 Å². The zero-order valence-corrected chi connectivity index (χ0v) is 30.5. The van der Waals surface area contributed by atoms with Crippen molar-refractivity contribution in [1.82, 2.24) is 0 Å². The molecular weight excluding hydrogens is 820 g/mol. The van der Waals surface area contributed by atoms with Crippen molar-refractivity contribution in [1.29, 1.82) is 0 Å². The van der Waals surface area contributed by atoms with E-state index in [1.807, 2.05) is 0 Å². The fraction of sp³-hybridized carbons (Fsp3) is 0.150. The molecule has 4 aliphatic heterocycles. The highest BCUT2D eigenvalue weighted by atomic mass is 19.4.